The van der Waals surface area contributed by atoms with E-state index in [4.69, 9.17) is 0 Å². The number of sulfone groups is 1. The van der Waals surface area contributed by atoms with Crippen LogP contribution in [0.2, 0.25) is 0 Å². The van der Waals surface area contributed by atoms with E-state index >= 15 is 0 Å². The number of carbonyl (C=O) groups is 4. The van der Waals surface area contributed by atoms with E-state index in [1.54, 1.807) is 19.9 Å². The molecule has 0 spiro atoms. The van der Waals surface area contributed by atoms with Crippen LogP contribution in [0.25, 0.3) is 0 Å². The highest BCUT2D eigenvalue weighted by atomic mass is 32.2. The normalized spacial score (nSPS) is 26.4. The maximum Gasteiger partial charge on any atom is 0.246 e. The lowest BCUT2D eigenvalue weighted by Crippen LogP contribution is -2.59. The molecule has 0 aromatic carbocycles. The average Bonchev–Trinajstić information content (AvgIpc) is 3.76. The van der Waals surface area contributed by atoms with Crippen molar-refractivity contribution in [3.8, 4) is 0 Å². The van der Waals surface area contributed by atoms with Crippen molar-refractivity contribution in [2.75, 3.05) is 12.3 Å². The average molecular weight is 606 g/mol. The fourth-order valence-corrected chi connectivity index (χ4v) is 7.31. The number of rotatable bonds is 13. The highest BCUT2D eigenvalue weighted by molar-refractivity contribution is 7.93. The van der Waals surface area contributed by atoms with Gasteiger partial charge in [-0.25, -0.2) is 8.42 Å². The Kier molecular flexibility index (Phi) is 8.96. The first kappa shape index (κ1) is 31.8. The molecule has 1 aromatic heterocycles. The quantitative estimate of drug-likeness (QED) is 0.246. The predicted molar refractivity (Wildman–Crippen MR) is 154 cm³/mol. The fraction of sp³-hybridized carbons (Fsp3) is 0.750. The summed E-state index contributed by atoms with van der Waals surface area (Å²) in [4.78, 5) is 56.8. The highest BCUT2D eigenvalue weighted by Crippen LogP contribution is 2.45. The van der Waals surface area contributed by atoms with Gasteiger partial charge in [-0.15, -0.1) is 16.8 Å². The maximum atomic E-state index is 14.1. The summed E-state index contributed by atoms with van der Waals surface area (Å²) in [7, 11) is -3.56. The number of hydrogen-bond donors (Lipinski definition) is 2. The Morgan fingerprint density at radius 1 is 1.21 bits per heavy atom. The SMILES string of the molecule is C=CCCCC(=O)N[C@H](C(=O)N1C[C@H](n2nnc(C)n2)C[C@H]1C(=O)NC1(C(=O)CS(=O)(=O)C2CC2)C[C@H]1C)C(C)(C)C. The Labute approximate surface area is 247 Å². The number of nitrogens with one attached hydrogen (secondary N) is 2. The summed E-state index contributed by atoms with van der Waals surface area (Å²) >= 11 is 0. The molecule has 2 N–H and O–H groups in total. The minimum absolute atomic E-state index is 0.0954. The monoisotopic (exact) mass is 605 g/mol. The van der Waals surface area contributed by atoms with E-state index in [0.29, 0.717) is 37.9 Å². The first-order valence-electron chi connectivity index (χ1n) is 14.6. The first-order chi connectivity index (χ1) is 19.6. The minimum Gasteiger partial charge on any atom is -0.344 e. The van der Waals surface area contributed by atoms with Crippen LogP contribution in [0.4, 0.5) is 0 Å². The first-order valence-corrected chi connectivity index (χ1v) is 16.3. The van der Waals surface area contributed by atoms with E-state index in [2.05, 4.69) is 32.6 Å². The van der Waals surface area contributed by atoms with Crippen LogP contribution < -0.4 is 10.6 Å². The second-order valence-corrected chi connectivity index (χ2v) is 15.4. The smallest absolute Gasteiger partial charge is 0.246 e. The molecule has 1 unspecified atom stereocenters. The molecule has 42 heavy (non-hydrogen) atoms. The van der Waals surface area contributed by atoms with Gasteiger partial charge in [0.25, 0.3) is 0 Å². The third-order valence-electron chi connectivity index (χ3n) is 8.47. The molecule has 1 aromatic rings. The second kappa shape index (κ2) is 11.8. The number of carbonyl (C=O) groups excluding carboxylic acids is 4. The van der Waals surface area contributed by atoms with E-state index in [0.717, 1.165) is 0 Å². The van der Waals surface area contributed by atoms with Crippen LogP contribution in [0.3, 0.4) is 0 Å². The van der Waals surface area contributed by atoms with Crippen LogP contribution in [0.1, 0.15) is 84.5 Å². The lowest BCUT2D eigenvalue weighted by atomic mass is 9.85. The van der Waals surface area contributed by atoms with Crippen molar-refractivity contribution >= 4 is 33.3 Å². The number of allylic oxidation sites excluding steroid dienone is 1. The number of aryl methyl sites for hydroxylation is 1. The van der Waals surface area contributed by atoms with Gasteiger partial charge in [-0.1, -0.05) is 33.8 Å². The van der Waals surface area contributed by atoms with Crippen LogP contribution in [0.5, 0.6) is 0 Å². The van der Waals surface area contributed by atoms with Crippen LogP contribution >= 0.6 is 0 Å². The van der Waals surface area contributed by atoms with Crippen molar-refractivity contribution in [3.63, 3.8) is 0 Å². The summed E-state index contributed by atoms with van der Waals surface area (Å²) in [6, 6.07) is -2.38. The molecule has 5 atom stereocenters. The van der Waals surface area contributed by atoms with Gasteiger partial charge in [0.1, 0.15) is 23.4 Å². The standard InChI is InChI=1S/C28H43N7O6S/c1-7-8-9-10-23(37)29-24(27(4,5)6)26(39)34-15-19(35-32-18(3)31-33-35)13-21(34)25(38)30-28(14-17(28)2)22(36)16-42(40,41)20-11-12-20/h7,17,19-21,24H,1,8-16H2,2-6H3,(H,29,37)(H,30,38)/t17-,19-,21+,24-,28?/m1/s1. The molecule has 0 bridgehead atoms. The number of likely N-dealkylation sites (tertiary alicyclic amines) is 1. The largest absolute Gasteiger partial charge is 0.344 e. The Bertz CT molecular complexity index is 1350. The number of ketones is 1. The van der Waals surface area contributed by atoms with E-state index in [-0.39, 0.29) is 31.2 Å². The summed E-state index contributed by atoms with van der Waals surface area (Å²) in [5.41, 5.74) is -1.96. The highest BCUT2D eigenvalue weighted by Gasteiger charge is 2.60. The fourth-order valence-electron chi connectivity index (χ4n) is 5.60. The predicted octanol–water partition coefficient (Wildman–Crippen LogP) is 1.05. The van der Waals surface area contributed by atoms with Gasteiger partial charge in [0.15, 0.2) is 21.4 Å². The number of amides is 3. The van der Waals surface area contributed by atoms with Gasteiger partial charge in [-0.2, -0.15) is 4.80 Å². The Balaban J connectivity index is 1.57. The maximum absolute atomic E-state index is 14.1. The van der Waals surface area contributed by atoms with Gasteiger partial charge in [-0.3, -0.25) is 19.2 Å². The van der Waals surface area contributed by atoms with Gasteiger partial charge >= 0.3 is 0 Å². The number of tetrazole rings is 1. The molecular weight excluding hydrogens is 562 g/mol. The van der Waals surface area contributed by atoms with Crippen molar-refractivity contribution in [1.29, 1.82) is 0 Å². The summed E-state index contributed by atoms with van der Waals surface area (Å²) in [5.74, 6) is -2.17. The molecule has 232 valence electrons. The molecule has 4 rings (SSSR count). The Hall–Kier alpha value is -3.16. The van der Waals surface area contributed by atoms with Gasteiger partial charge in [0, 0.05) is 19.4 Å². The minimum atomic E-state index is -3.56. The molecule has 0 radical (unpaired) electrons. The molecule has 1 saturated heterocycles. The topological polar surface area (TPSA) is 173 Å². The third kappa shape index (κ3) is 6.90. The van der Waals surface area contributed by atoms with Gasteiger partial charge in [-0.05, 0) is 55.6 Å². The second-order valence-electron chi connectivity index (χ2n) is 13.1. The van der Waals surface area contributed by atoms with Gasteiger partial charge in [0.05, 0.1) is 11.3 Å². The van der Waals surface area contributed by atoms with Crippen molar-refractivity contribution < 1.29 is 27.6 Å². The molecule has 2 aliphatic carbocycles. The zero-order chi connectivity index (χ0) is 31.0. The molecule has 2 heterocycles. The van der Waals surface area contributed by atoms with Crippen molar-refractivity contribution in [2.24, 2.45) is 11.3 Å². The van der Waals surface area contributed by atoms with Crippen LogP contribution in [-0.4, -0.2) is 92.2 Å². The van der Waals surface area contributed by atoms with E-state index < -0.39 is 67.5 Å². The number of nitrogens with zero attached hydrogens (tertiary/aromatic N) is 5. The van der Waals surface area contributed by atoms with E-state index in [1.807, 2.05) is 20.8 Å². The number of unbranched alkanes of at least 4 members (excludes halogenated alkanes) is 1. The Morgan fingerprint density at radius 3 is 2.40 bits per heavy atom. The zero-order valence-corrected chi connectivity index (χ0v) is 25.9. The number of Topliss-reactive ketones (excluding diaryl/α,β-unsaturated/α-hetero) is 1. The molecule has 1 aliphatic heterocycles. The summed E-state index contributed by atoms with van der Waals surface area (Å²) in [5, 5.41) is 17.5. The summed E-state index contributed by atoms with van der Waals surface area (Å²) in [6.07, 6.45) is 4.83. The third-order valence-corrected chi connectivity index (χ3v) is 10.6. The lowest BCUT2D eigenvalue weighted by Gasteiger charge is -2.35. The molecule has 2 saturated carbocycles. The van der Waals surface area contributed by atoms with Crippen molar-refractivity contribution in [2.45, 2.75) is 108 Å². The van der Waals surface area contributed by atoms with Crippen molar-refractivity contribution in [3.05, 3.63) is 18.5 Å². The summed E-state index contributed by atoms with van der Waals surface area (Å²) < 4.78 is 25.1. The molecule has 3 aliphatic rings. The van der Waals surface area contributed by atoms with E-state index in [1.165, 1.54) is 9.70 Å². The molecular formula is C28H43N7O6S. The van der Waals surface area contributed by atoms with Crippen molar-refractivity contribution in [1.82, 2.24) is 35.7 Å². The lowest BCUT2D eigenvalue weighted by molar-refractivity contribution is -0.144. The molecule has 13 nitrogen and oxygen atoms in total. The molecule has 3 fully saturated rings. The van der Waals surface area contributed by atoms with Gasteiger partial charge < -0.3 is 15.5 Å². The number of hydrogen-bond acceptors (Lipinski definition) is 9. The van der Waals surface area contributed by atoms with Crippen LogP contribution in [-0.2, 0) is 29.0 Å². The molecule has 3 amide bonds. The van der Waals surface area contributed by atoms with Crippen LogP contribution in [0, 0.1) is 18.3 Å². The van der Waals surface area contributed by atoms with Gasteiger partial charge in [0.2, 0.25) is 17.7 Å². The Morgan fingerprint density at radius 2 is 1.88 bits per heavy atom. The zero-order valence-electron chi connectivity index (χ0n) is 25.1. The number of aromatic nitrogens is 4. The molecule has 14 heteroatoms. The van der Waals surface area contributed by atoms with Crippen LogP contribution in [0.15, 0.2) is 12.7 Å². The summed E-state index contributed by atoms with van der Waals surface area (Å²) in [6.45, 7) is 12.8. The van der Waals surface area contributed by atoms with E-state index in [9.17, 15) is 27.6 Å².